The summed E-state index contributed by atoms with van der Waals surface area (Å²) in [6.07, 6.45) is -1.34. The average Bonchev–Trinajstić information content (AvgIpc) is 2.75. The van der Waals surface area contributed by atoms with E-state index in [0.29, 0.717) is 13.0 Å². The van der Waals surface area contributed by atoms with Crippen molar-refractivity contribution >= 4 is 5.95 Å². The summed E-state index contributed by atoms with van der Waals surface area (Å²) in [5, 5.41) is 10.3. The van der Waals surface area contributed by atoms with Crippen molar-refractivity contribution in [2.75, 3.05) is 11.9 Å². The van der Waals surface area contributed by atoms with Gasteiger partial charge in [-0.2, -0.15) is 13.2 Å². The molecule has 0 aliphatic rings. The zero-order valence-corrected chi connectivity index (χ0v) is 10.0. The molecule has 0 bridgehead atoms. The molecule has 0 spiro atoms. The Hall–Kier alpha value is -2.19. The highest BCUT2D eigenvalue weighted by Crippen LogP contribution is 2.27. The van der Waals surface area contributed by atoms with Crippen molar-refractivity contribution in [2.24, 2.45) is 7.05 Å². The molecule has 2 heterocycles. The molecule has 0 unspecified atom stereocenters. The second-order valence-corrected chi connectivity index (χ2v) is 3.80. The summed E-state index contributed by atoms with van der Waals surface area (Å²) in [4.78, 5) is 7.12. The van der Waals surface area contributed by atoms with E-state index in [9.17, 15) is 13.2 Å². The molecule has 0 saturated heterocycles. The van der Waals surface area contributed by atoms with Gasteiger partial charge in [0.25, 0.3) is 0 Å². The third kappa shape index (κ3) is 3.39. The quantitative estimate of drug-likeness (QED) is 0.908. The Morgan fingerprint density at radius 3 is 2.79 bits per heavy atom. The standard InChI is InChI=1S/C10H11F3N6/c1-19-6-16-18-8(19)3-5-15-9-14-4-2-7(17-9)10(11,12)13/h2,4,6H,3,5H2,1H3,(H,14,15,17). The van der Waals surface area contributed by atoms with Gasteiger partial charge >= 0.3 is 6.18 Å². The topological polar surface area (TPSA) is 68.5 Å². The van der Waals surface area contributed by atoms with Crippen molar-refractivity contribution in [3.63, 3.8) is 0 Å². The molecule has 0 aliphatic heterocycles. The SMILES string of the molecule is Cn1cnnc1CCNc1nccc(C(F)(F)F)n1. The van der Waals surface area contributed by atoms with Crippen molar-refractivity contribution in [2.45, 2.75) is 12.6 Å². The predicted octanol–water partition coefficient (Wildman–Crippen LogP) is 1.28. The van der Waals surface area contributed by atoms with E-state index in [-0.39, 0.29) is 5.95 Å². The minimum Gasteiger partial charge on any atom is -0.354 e. The van der Waals surface area contributed by atoms with Gasteiger partial charge in [-0.1, -0.05) is 0 Å². The predicted molar refractivity (Wildman–Crippen MR) is 60.2 cm³/mol. The van der Waals surface area contributed by atoms with Crippen LogP contribution in [0.2, 0.25) is 0 Å². The molecule has 1 N–H and O–H groups in total. The van der Waals surface area contributed by atoms with Gasteiger partial charge in [-0.25, -0.2) is 9.97 Å². The summed E-state index contributed by atoms with van der Waals surface area (Å²) in [5.41, 5.74) is -0.969. The monoisotopic (exact) mass is 272 g/mol. The van der Waals surface area contributed by atoms with Gasteiger partial charge < -0.3 is 9.88 Å². The first-order valence-corrected chi connectivity index (χ1v) is 5.44. The molecule has 102 valence electrons. The van der Waals surface area contributed by atoms with E-state index in [2.05, 4.69) is 25.5 Å². The first-order chi connectivity index (χ1) is 8.97. The third-order valence-electron chi connectivity index (χ3n) is 2.38. The van der Waals surface area contributed by atoms with Crippen LogP contribution in [0.4, 0.5) is 19.1 Å². The molecule has 9 heteroatoms. The number of nitrogens with one attached hydrogen (secondary N) is 1. The molecule has 19 heavy (non-hydrogen) atoms. The molecule has 0 aromatic carbocycles. The molecule has 0 amide bonds. The number of rotatable bonds is 4. The van der Waals surface area contributed by atoms with Gasteiger partial charge in [0.2, 0.25) is 5.95 Å². The fourth-order valence-electron chi connectivity index (χ4n) is 1.42. The number of nitrogens with zero attached hydrogens (tertiary/aromatic N) is 5. The number of aryl methyl sites for hydroxylation is 1. The second kappa shape index (κ2) is 5.21. The van der Waals surface area contributed by atoms with Crippen LogP contribution in [0.15, 0.2) is 18.6 Å². The summed E-state index contributed by atoms with van der Waals surface area (Å²) in [5.74, 6) is 0.663. The second-order valence-electron chi connectivity index (χ2n) is 3.80. The van der Waals surface area contributed by atoms with Crippen molar-refractivity contribution in [3.05, 3.63) is 30.1 Å². The minimum absolute atomic E-state index is 0.0583. The van der Waals surface area contributed by atoms with Crippen molar-refractivity contribution in [1.29, 1.82) is 0 Å². The van der Waals surface area contributed by atoms with Crippen LogP contribution in [-0.2, 0) is 19.6 Å². The molecular formula is C10H11F3N6. The van der Waals surface area contributed by atoms with Crippen LogP contribution in [0.5, 0.6) is 0 Å². The number of hydrogen-bond acceptors (Lipinski definition) is 5. The van der Waals surface area contributed by atoms with Crippen LogP contribution >= 0.6 is 0 Å². The summed E-state index contributed by atoms with van der Waals surface area (Å²) in [6.45, 7) is 0.369. The minimum atomic E-state index is -4.47. The van der Waals surface area contributed by atoms with E-state index in [1.165, 1.54) is 0 Å². The van der Waals surface area contributed by atoms with Crippen LogP contribution in [0, 0.1) is 0 Å². The Kier molecular flexibility index (Phi) is 3.63. The van der Waals surface area contributed by atoms with Crippen LogP contribution in [0.3, 0.4) is 0 Å². The number of halogens is 3. The van der Waals surface area contributed by atoms with Gasteiger partial charge in [0.15, 0.2) is 0 Å². The van der Waals surface area contributed by atoms with Gasteiger partial charge in [-0.15, -0.1) is 10.2 Å². The van der Waals surface area contributed by atoms with Crippen molar-refractivity contribution < 1.29 is 13.2 Å². The summed E-state index contributed by atoms with van der Waals surface area (Å²) < 4.78 is 39.0. The Morgan fingerprint density at radius 1 is 1.37 bits per heavy atom. The third-order valence-corrected chi connectivity index (χ3v) is 2.38. The average molecular weight is 272 g/mol. The number of aromatic nitrogens is 5. The highest BCUT2D eigenvalue weighted by molar-refractivity contribution is 5.26. The van der Waals surface area contributed by atoms with Crippen LogP contribution in [0.1, 0.15) is 11.5 Å². The molecule has 2 aromatic rings. The van der Waals surface area contributed by atoms with Crippen LogP contribution < -0.4 is 5.32 Å². The summed E-state index contributed by atoms with van der Waals surface area (Å²) in [7, 11) is 1.79. The number of anilines is 1. The molecule has 2 rings (SSSR count). The zero-order valence-electron chi connectivity index (χ0n) is 10.0. The van der Waals surface area contributed by atoms with E-state index in [1.54, 1.807) is 17.9 Å². The van der Waals surface area contributed by atoms with E-state index in [4.69, 9.17) is 0 Å². The van der Waals surface area contributed by atoms with Gasteiger partial charge in [-0.05, 0) is 6.07 Å². The van der Waals surface area contributed by atoms with Gasteiger partial charge in [-0.3, -0.25) is 0 Å². The largest absolute Gasteiger partial charge is 0.433 e. The fraction of sp³-hybridized carbons (Fsp3) is 0.400. The molecular weight excluding hydrogens is 261 g/mol. The summed E-state index contributed by atoms with van der Waals surface area (Å²) >= 11 is 0. The summed E-state index contributed by atoms with van der Waals surface area (Å²) in [6, 6.07) is 0.827. The maximum absolute atomic E-state index is 12.4. The first-order valence-electron chi connectivity index (χ1n) is 5.44. The molecule has 2 aromatic heterocycles. The van der Waals surface area contributed by atoms with Gasteiger partial charge in [0.05, 0.1) is 0 Å². The lowest BCUT2D eigenvalue weighted by Gasteiger charge is -2.08. The van der Waals surface area contributed by atoms with Crippen molar-refractivity contribution in [1.82, 2.24) is 24.7 Å². The molecule has 0 fully saturated rings. The number of hydrogen-bond donors (Lipinski definition) is 1. The van der Waals surface area contributed by atoms with Gasteiger partial charge in [0.1, 0.15) is 17.8 Å². The van der Waals surface area contributed by atoms with E-state index < -0.39 is 11.9 Å². The van der Waals surface area contributed by atoms with E-state index in [1.807, 2.05) is 0 Å². The Labute approximate surface area is 106 Å². The first kappa shape index (κ1) is 13.2. The zero-order chi connectivity index (χ0) is 13.9. The maximum Gasteiger partial charge on any atom is 0.433 e. The lowest BCUT2D eigenvalue weighted by atomic mass is 10.4. The van der Waals surface area contributed by atoms with Crippen LogP contribution in [0.25, 0.3) is 0 Å². The highest BCUT2D eigenvalue weighted by Gasteiger charge is 2.32. The van der Waals surface area contributed by atoms with E-state index >= 15 is 0 Å². The number of alkyl halides is 3. The fourth-order valence-corrected chi connectivity index (χ4v) is 1.42. The van der Waals surface area contributed by atoms with Crippen LogP contribution in [-0.4, -0.2) is 31.3 Å². The van der Waals surface area contributed by atoms with E-state index in [0.717, 1.165) is 18.1 Å². The lowest BCUT2D eigenvalue weighted by molar-refractivity contribution is -0.141. The highest BCUT2D eigenvalue weighted by atomic mass is 19.4. The maximum atomic E-state index is 12.4. The Morgan fingerprint density at radius 2 is 2.16 bits per heavy atom. The van der Waals surface area contributed by atoms with Crippen molar-refractivity contribution in [3.8, 4) is 0 Å². The normalized spacial score (nSPS) is 11.6. The lowest BCUT2D eigenvalue weighted by Crippen LogP contribution is -2.14. The smallest absolute Gasteiger partial charge is 0.354 e. The Balaban J connectivity index is 1.95. The molecule has 0 aliphatic carbocycles. The Bertz CT molecular complexity index is 550. The molecule has 0 saturated carbocycles. The molecule has 0 radical (unpaired) electrons. The van der Waals surface area contributed by atoms with Gasteiger partial charge in [0, 0.05) is 26.2 Å². The molecule has 0 atom stereocenters. The molecule has 6 nitrogen and oxygen atoms in total.